The smallest absolute Gasteiger partial charge is 0.335 e. The fourth-order valence-corrected chi connectivity index (χ4v) is 2.45. The quantitative estimate of drug-likeness (QED) is 0.782. The van der Waals surface area contributed by atoms with Gasteiger partial charge in [0.1, 0.15) is 18.5 Å². The predicted molar refractivity (Wildman–Crippen MR) is 68.3 cm³/mol. The Kier molecular flexibility index (Phi) is 5.82. The number of ketones is 1. The summed E-state index contributed by atoms with van der Waals surface area (Å²) in [5, 5.41) is 0.488. The minimum atomic E-state index is -3.84. The van der Waals surface area contributed by atoms with Crippen molar-refractivity contribution in [2.45, 2.75) is 6.92 Å². The van der Waals surface area contributed by atoms with Crippen LogP contribution < -0.4 is 4.74 Å². The van der Waals surface area contributed by atoms with E-state index >= 15 is 0 Å². The van der Waals surface area contributed by atoms with E-state index in [1.54, 1.807) is 31.2 Å². The largest absolute Gasteiger partial charge is 0.486 e. The second-order valence-electron chi connectivity index (χ2n) is 3.50. The number of Topliss-reactive ketones (excluding diaryl/α,β-unsaturated/α-hetero) is 1. The van der Waals surface area contributed by atoms with Crippen molar-refractivity contribution in [2.75, 3.05) is 19.4 Å². The Labute approximate surface area is 110 Å². The van der Waals surface area contributed by atoms with Gasteiger partial charge in [0.15, 0.2) is 5.78 Å². The van der Waals surface area contributed by atoms with Crippen molar-refractivity contribution in [3.8, 4) is 5.75 Å². The van der Waals surface area contributed by atoms with Crippen LogP contribution in [0.5, 0.6) is 5.75 Å². The van der Waals surface area contributed by atoms with Crippen molar-refractivity contribution in [3.05, 3.63) is 29.3 Å². The molecule has 0 radical (unpaired) electrons. The molecule has 0 aliphatic heterocycles. The lowest BCUT2D eigenvalue weighted by Crippen LogP contribution is -2.16. The molecule has 1 atom stereocenters. The zero-order valence-electron chi connectivity index (χ0n) is 9.84. The van der Waals surface area contributed by atoms with Gasteiger partial charge in [-0.3, -0.25) is 9.36 Å². The molecule has 0 saturated carbocycles. The molecule has 0 saturated heterocycles. The Morgan fingerprint density at radius 1 is 1.50 bits per heavy atom. The number of benzene rings is 1. The second-order valence-corrected chi connectivity index (χ2v) is 5.78. The molecule has 0 aliphatic carbocycles. The van der Waals surface area contributed by atoms with Gasteiger partial charge >= 0.3 is 7.60 Å². The van der Waals surface area contributed by atoms with Gasteiger partial charge in [-0.25, -0.2) is 0 Å². The topological polar surface area (TPSA) is 72.8 Å². The first-order chi connectivity index (χ1) is 8.43. The monoisotopic (exact) mass is 292 g/mol. The highest BCUT2D eigenvalue weighted by Gasteiger charge is 2.23. The average Bonchev–Trinajstić information content (AvgIpc) is 2.25. The highest BCUT2D eigenvalue weighted by Crippen LogP contribution is 2.41. The molecular formula is C11H14ClO5P. The van der Waals surface area contributed by atoms with Gasteiger partial charge in [-0.2, -0.15) is 0 Å². The van der Waals surface area contributed by atoms with E-state index in [4.69, 9.17) is 16.3 Å². The molecule has 7 heteroatoms. The third-order valence-corrected chi connectivity index (χ3v) is 3.55. The molecule has 0 aliphatic rings. The van der Waals surface area contributed by atoms with E-state index < -0.39 is 19.5 Å². The van der Waals surface area contributed by atoms with Crippen molar-refractivity contribution in [3.63, 3.8) is 0 Å². The van der Waals surface area contributed by atoms with E-state index in [1.807, 2.05) is 0 Å². The highest BCUT2D eigenvalue weighted by molar-refractivity contribution is 7.53. The molecule has 5 nitrogen and oxygen atoms in total. The molecule has 1 unspecified atom stereocenters. The zero-order chi connectivity index (χ0) is 13.6. The maximum Gasteiger partial charge on any atom is 0.335 e. The molecule has 18 heavy (non-hydrogen) atoms. The van der Waals surface area contributed by atoms with Crippen LogP contribution in [0.1, 0.15) is 6.92 Å². The van der Waals surface area contributed by atoms with E-state index in [2.05, 4.69) is 4.52 Å². The van der Waals surface area contributed by atoms with E-state index in [-0.39, 0.29) is 13.2 Å². The van der Waals surface area contributed by atoms with Crippen LogP contribution in [0.4, 0.5) is 0 Å². The number of hydrogen-bond acceptors (Lipinski definition) is 4. The van der Waals surface area contributed by atoms with Crippen LogP contribution >= 0.6 is 19.2 Å². The summed E-state index contributed by atoms with van der Waals surface area (Å²) in [7, 11) is -3.84. The Bertz CT molecular complexity index is 463. The summed E-state index contributed by atoms with van der Waals surface area (Å²) in [6, 6.07) is 6.54. The minimum absolute atomic E-state index is 0.0796. The molecule has 1 rings (SSSR count). The number of halogens is 1. The first-order valence-electron chi connectivity index (χ1n) is 5.29. The maximum atomic E-state index is 11.4. The average molecular weight is 293 g/mol. The van der Waals surface area contributed by atoms with Gasteiger partial charge in [-0.05, 0) is 25.1 Å². The highest BCUT2D eigenvalue weighted by atomic mass is 35.5. The molecule has 0 aromatic heterocycles. The molecule has 100 valence electrons. The summed E-state index contributed by atoms with van der Waals surface area (Å²) in [6.45, 7) is 1.37. The number of hydrogen-bond donors (Lipinski definition) is 1. The molecule has 0 amide bonds. The molecule has 0 fully saturated rings. The Hall–Kier alpha value is -0.870. The first-order valence-corrected chi connectivity index (χ1v) is 7.43. The molecule has 1 aromatic rings. The summed E-state index contributed by atoms with van der Waals surface area (Å²) in [4.78, 5) is 20.7. The third kappa shape index (κ3) is 5.65. The van der Waals surface area contributed by atoms with E-state index in [0.717, 1.165) is 0 Å². The van der Waals surface area contributed by atoms with Crippen molar-refractivity contribution >= 4 is 25.0 Å². The first kappa shape index (κ1) is 15.2. The van der Waals surface area contributed by atoms with Crippen LogP contribution in [0.25, 0.3) is 0 Å². The van der Waals surface area contributed by atoms with Crippen LogP contribution in [0.15, 0.2) is 24.3 Å². The van der Waals surface area contributed by atoms with E-state index in [1.165, 1.54) is 0 Å². The number of rotatable bonds is 7. The molecule has 1 aromatic carbocycles. The van der Waals surface area contributed by atoms with E-state index in [9.17, 15) is 14.3 Å². The van der Waals surface area contributed by atoms with Crippen LogP contribution in [0.2, 0.25) is 5.02 Å². The molecule has 0 heterocycles. The van der Waals surface area contributed by atoms with Gasteiger partial charge in [0, 0.05) is 5.02 Å². The maximum absolute atomic E-state index is 11.4. The van der Waals surface area contributed by atoms with Crippen molar-refractivity contribution in [1.82, 2.24) is 0 Å². The van der Waals surface area contributed by atoms with Crippen LogP contribution in [-0.2, 0) is 13.9 Å². The van der Waals surface area contributed by atoms with Gasteiger partial charge < -0.3 is 14.2 Å². The van der Waals surface area contributed by atoms with Gasteiger partial charge in [-0.15, -0.1) is 0 Å². The summed E-state index contributed by atoms with van der Waals surface area (Å²) >= 11 is 5.74. The molecule has 1 N–H and O–H groups in total. The van der Waals surface area contributed by atoms with Crippen LogP contribution in [-0.4, -0.2) is 30.1 Å². The van der Waals surface area contributed by atoms with E-state index in [0.29, 0.717) is 10.8 Å². The Balaban J connectivity index is 2.44. The molecule has 0 spiro atoms. The lowest BCUT2D eigenvalue weighted by Gasteiger charge is -2.10. The van der Waals surface area contributed by atoms with Crippen molar-refractivity contribution < 1.29 is 23.5 Å². The molecule has 0 bridgehead atoms. The Morgan fingerprint density at radius 3 is 2.83 bits per heavy atom. The minimum Gasteiger partial charge on any atom is -0.486 e. The second kappa shape index (κ2) is 6.90. The number of carbonyl (C=O) groups excluding carboxylic acids is 1. The van der Waals surface area contributed by atoms with Gasteiger partial charge in [0.05, 0.1) is 6.61 Å². The van der Waals surface area contributed by atoms with Gasteiger partial charge in [0.25, 0.3) is 0 Å². The predicted octanol–water partition coefficient (Wildman–Crippen LogP) is 2.51. The van der Waals surface area contributed by atoms with Crippen molar-refractivity contribution in [2.24, 2.45) is 0 Å². The third-order valence-electron chi connectivity index (χ3n) is 1.90. The fourth-order valence-electron chi connectivity index (χ4n) is 1.24. The lowest BCUT2D eigenvalue weighted by molar-refractivity contribution is -0.118. The van der Waals surface area contributed by atoms with Crippen LogP contribution in [0.3, 0.4) is 0 Å². The summed E-state index contributed by atoms with van der Waals surface area (Å²) < 4.78 is 21.1. The number of ether oxygens (including phenoxy) is 1. The summed E-state index contributed by atoms with van der Waals surface area (Å²) in [5.41, 5.74) is 0. The number of carbonyl (C=O) groups is 1. The SMILES string of the molecule is CCOP(=O)(O)CC(=O)COc1cccc(Cl)c1. The molecular weight excluding hydrogens is 279 g/mol. The van der Waals surface area contributed by atoms with Gasteiger partial charge in [0.2, 0.25) is 0 Å². The normalized spacial score (nSPS) is 13.9. The van der Waals surface area contributed by atoms with Crippen molar-refractivity contribution in [1.29, 1.82) is 0 Å². The van der Waals surface area contributed by atoms with Crippen LogP contribution in [0, 0.1) is 0 Å². The standard InChI is InChI=1S/C11H14ClO5P/c1-2-17-18(14,15)8-10(13)7-16-11-5-3-4-9(12)6-11/h3-6H,2,7-8H2,1H3,(H,14,15). The summed E-state index contributed by atoms with van der Waals surface area (Å²) in [5.74, 6) is -0.0747. The lowest BCUT2D eigenvalue weighted by atomic mass is 10.3. The van der Waals surface area contributed by atoms with Gasteiger partial charge in [-0.1, -0.05) is 17.7 Å². The fraction of sp³-hybridized carbons (Fsp3) is 0.364. The Morgan fingerprint density at radius 2 is 2.22 bits per heavy atom. The zero-order valence-corrected chi connectivity index (χ0v) is 11.5. The summed E-state index contributed by atoms with van der Waals surface area (Å²) in [6.07, 6.45) is -0.554.